The maximum Gasteiger partial charge on any atom is 0 e. The van der Waals surface area contributed by atoms with E-state index in [1.54, 1.807) is 0 Å². The largest absolute Gasteiger partial charge is 0 e. The Morgan fingerprint density at radius 3 is 1.62 bits per heavy atom. The van der Waals surface area contributed by atoms with Crippen molar-refractivity contribution in [2.75, 3.05) is 0 Å². The van der Waals surface area contributed by atoms with Crippen molar-refractivity contribution in [1.82, 2.24) is 0 Å². The zero-order valence-corrected chi connectivity index (χ0v) is 4.73. The van der Waals surface area contributed by atoms with Gasteiger partial charge in [-0.25, -0.2) is 4.57 Å². The van der Waals surface area contributed by atoms with Crippen LogP contribution in [0, 0.1) is 0 Å². The predicted octanol–water partition coefficient (Wildman–Crippen LogP) is -0.671. The monoisotopic (exact) mass is 198 g/mol. The van der Waals surface area contributed by atoms with Gasteiger partial charge in [-0.05, 0) is 4.53 Å². The van der Waals surface area contributed by atoms with Crippen molar-refractivity contribution in [2.24, 2.45) is 0 Å². The van der Waals surface area contributed by atoms with Crippen molar-refractivity contribution in [3.05, 3.63) is 0 Å². The quantitative estimate of drug-likeness (QED) is 0.433. The molecule has 0 unspecified atom stereocenters. The fourth-order valence-corrected chi connectivity index (χ4v) is 0. The molecule has 0 spiro atoms. The number of phosphoric acid groups is 1. The van der Waals surface area contributed by atoms with Gasteiger partial charge in [0.05, 0.1) is 0 Å². The summed E-state index contributed by atoms with van der Waals surface area (Å²) in [7, 11) is -4.81. The summed E-state index contributed by atoms with van der Waals surface area (Å²) in [5.74, 6) is 0. The summed E-state index contributed by atoms with van der Waals surface area (Å²) >= 11 is 0. The average molecular weight is 199 g/mol. The summed E-state index contributed by atoms with van der Waals surface area (Å²) in [5.41, 5.74) is 0. The third-order valence-corrected chi connectivity index (χ3v) is 0.270. The van der Waals surface area contributed by atoms with E-state index < -0.39 is 7.82 Å². The van der Waals surface area contributed by atoms with E-state index in [-0.39, 0.29) is 46.0 Å². The van der Waals surface area contributed by atoms with Crippen molar-refractivity contribution in [3.63, 3.8) is 0 Å². The van der Waals surface area contributed by atoms with Crippen molar-refractivity contribution in [3.8, 4) is 0 Å². The predicted molar refractivity (Wildman–Crippen MR) is 21.4 cm³/mol. The minimum absolute atomic E-state index is 0. The molecule has 0 fully saturated rings. The van der Waals surface area contributed by atoms with Crippen LogP contribution in [0.5, 0.6) is 0 Å². The third kappa shape index (κ3) is 15.6. The topological polar surface area (TPSA) is 66.8 Å². The summed E-state index contributed by atoms with van der Waals surface area (Å²) in [5, 5.41) is 0. The van der Waals surface area contributed by atoms with Crippen LogP contribution in [0.25, 0.3) is 0 Å². The van der Waals surface area contributed by atoms with Gasteiger partial charge in [-0.15, -0.1) is 0 Å². The smallest absolute Gasteiger partial charge is 0 e. The Morgan fingerprint density at radius 2 is 1.62 bits per heavy atom. The third-order valence-electron chi connectivity index (χ3n) is 0.0899. The molecular formula is H3FNaNiO4P. The number of halogens is 1. The molecule has 50 valence electrons. The van der Waals surface area contributed by atoms with E-state index in [1.165, 1.54) is 0 Å². The molecule has 0 aromatic carbocycles. The molecule has 0 atom stereocenters. The zero-order valence-electron chi connectivity index (χ0n) is 2.85. The SMILES string of the molecule is O=P(O)(O)OF.[NaH].[Ni]. The van der Waals surface area contributed by atoms with Gasteiger partial charge in [0.25, 0.3) is 0 Å². The number of hydrogen-bond donors (Lipinski definition) is 2. The first-order valence-electron chi connectivity index (χ1n) is 0.919. The van der Waals surface area contributed by atoms with Crippen LogP contribution in [0.4, 0.5) is 4.53 Å². The van der Waals surface area contributed by atoms with E-state index in [2.05, 4.69) is 4.73 Å². The molecule has 0 amide bonds. The van der Waals surface area contributed by atoms with E-state index in [0.717, 1.165) is 0 Å². The molecule has 4 nitrogen and oxygen atoms in total. The molecule has 8 heavy (non-hydrogen) atoms. The molecule has 0 aromatic rings. The summed E-state index contributed by atoms with van der Waals surface area (Å²) in [4.78, 5) is 14.7. The summed E-state index contributed by atoms with van der Waals surface area (Å²) < 4.78 is 21.4. The first-order valence-corrected chi connectivity index (χ1v) is 2.45. The molecule has 0 saturated carbocycles. The maximum atomic E-state index is 10.2. The second kappa shape index (κ2) is 6.65. The minimum atomic E-state index is -4.81. The summed E-state index contributed by atoms with van der Waals surface area (Å²) in [6.07, 6.45) is 0. The first-order chi connectivity index (χ1) is 2.56. The Kier molecular flexibility index (Phi) is 13.5. The number of rotatable bonds is 1. The van der Waals surface area contributed by atoms with Crippen molar-refractivity contribution < 1.29 is 40.1 Å². The Labute approximate surface area is 77.2 Å². The van der Waals surface area contributed by atoms with Crippen molar-refractivity contribution >= 4 is 37.4 Å². The van der Waals surface area contributed by atoms with Crippen molar-refractivity contribution in [2.45, 2.75) is 0 Å². The Hall–Kier alpha value is 1.53. The Morgan fingerprint density at radius 1 is 1.50 bits per heavy atom. The summed E-state index contributed by atoms with van der Waals surface area (Å²) in [6, 6.07) is 0. The molecule has 0 rings (SSSR count). The molecule has 0 radical (unpaired) electrons. The van der Waals surface area contributed by atoms with Gasteiger partial charge in [0.15, 0.2) is 0 Å². The van der Waals surface area contributed by atoms with Crippen LogP contribution < -0.4 is 0 Å². The van der Waals surface area contributed by atoms with E-state index in [4.69, 9.17) is 14.4 Å². The van der Waals surface area contributed by atoms with Gasteiger partial charge in [-0.1, -0.05) is 4.73 Å². The molecule has 0 aliphatic rings. The number of hydrogen-bond acceptors (Lipinski definition) is 2. The normalized spacial score (nSPS) is 8.88. The second-order valence-corrected chi connectivity index (χ2v) is 1.68. The molecule has 0 aliphatic heterocycles. The van der Waals surface area contributed by atoms with Crippen LogP contribution >= 0.6 is 7.82 Å². The maximum absolute atomic E-state index is 10.2. The second-order valence-electron chi connectivity index (χ2n) is 0.560. The molecule has 0 heterocycles. The van der Waals surface area contributed by atoms with Crippen LogP contribution in [0.1, 0.15) is 0 Å². The molecule has 2 N–H and O–H groups in total. The van der Waals surface area contributed by atoms with Crippen LogP contribution in [0.2, 0.25) is 0 Å². The van der Waals surface area contributed by atoms with E-state index >= 15 is 0 Å². The molecule has 0 saturated heterocycles. The molecular weight excluding hydrogens is 196 g/mol. The fraction of sp³-hybridized carbons (Fsp3) is 0. The Balaban J connectivity index is -0.000000125. The summed E-state index contributed by atoms with van der Waals surface area (Å²) in [6.45, 7) is 0. The van der Waals surface area contributed by atoms with Crippen LogP contribution in [0.3, 0.4) is 0 Å². The fourth-order valence-electron chi connectivity index (χ4n) is 0. The minimum Gasteiger partial charge on any atom is 0 e. The van der Waals surface area contributed by atoms with Gasteiger partial charge in [-0.2, -0.15) is 0 Å². The van der Waals surface area contributed by atoms with E-state index in [9.17, 15) is 4.53 Å². The zero-order chi connectivity index (χ0) is 5.21. The van der Waals surface area contributed by atoms with Gasteiger partial charge in [0.1, 0.15) is 0 Å². The standard InChI is InChI=1S/FH2O4P.Na.Ni.H/c1-5-6(2,3)4;;;/h(H2,2,3,4);;;. The van der Waals surface area contributed by atoms with Gasteiger partial charge in [0.2, 0.25) is 0 Å². The first kappa shape index (κ1) is 16.3. The van der Waals surface area contributed by atoms with Crippen molar-refractivity contribution in [1.29, 1.82) is 0 Å². The van der Waals surface area contributed by atoms with Crippen LogP contribution in [-0.4, -0.2) is 39.3 Å². The van der Waals surface area contributed by atoms with Gasteiger partial charge < -0.3 is 9.79 Å². The van der Waals surface area contributed by atoms with Crippen LogP contribution in [-0.2, 0) is 25.8 Å². The van der Waals surface area contributed by atoms with Gasteiger partial charge in [0, 0.05) is 16.5 Å². The molecule has 8 heteroatoms. The van der Waals surface area contributed by atoms with Crippen LogP contribution in [0.15, 0.2) is 0 Å². The molecule has 0 bridgehead atoms. The molecule has 0 aliphatic carbocycles. The van der Waals surface area contributed by atoms with E-state index in [0.29, 0.717) is 0 Å². The van der Waals surface area contributed by atoms with Gasteiger partial charge >= 0.3 is 37.4 Å². The Bertz CT molecular complexity index is 80.1. The van der Waals surface area contributed by atoms with E-state index in [1.807, 2.05) is 0 Å². The average Bonchev–Trinajstić information content (AvgIpc) is 1.35. The molecule has 0 aromatic heterocycles. The van der Waals surface area contributed by atoms with Gasteiger partial charge in [-0.3, -0.25) is 0 Å².